The van der Waals surface area contributed by atoms with E-state index < -0.39 is 5.97 Å². The molecule has 98 valence electrons. The Kier molecular flexibility index (Phi) is 4.67. The molecule has 0 fully saturated rings. The van der Waals surface area contributed by atoms with Crippen molar-refractivity contribution in [2.24, 2.45) is 0 Å². The molecule has 1 aromatic rings. The normalized spacial score (nSPS) is 10.9. The summed E-state index contributed by atoms with van der Waals surface area (Å²) in [7, 11) is 0. The topological polar surface area (TPSA) is 68.3 Å². The minimum atomic E-state index is -0.669. The number of rotatable bonds is 3. The fourth-order valence-electron chi connectivity index (χ4n) is 1.20. The van der Waals surface area contributed by atoms with E-state index in [1.54, 1.807) is 6.07 Å². The molecule has 1 rings (SSSR count). The molecule has 0 spiro atoms. The number of nitrogens with one attached hydrogen (secondary N) is 1. The summed E-state index contributed by atoms with van der Waals surface area (Å²) >= 11 is 5.73. The first kappa shape index (κ1) is 14.4. The van der Waals surface area contributed by atoms with Crippen LogP contribution in [-0.4, -0.2) is 29.0 Å². The first-order chi connectivity index (χ1) is 8.29. The van der Waals surface area contributed by atoms with Gasteiger partial charge in [0.1, 0.15) is 5.15 Å². The molecule has 0 saturated carbocycles. The number of pyridine rings is 1. The molecular formula is C12H15ClN2O3. The van der Waals surface area contributed by atoms with Crippen molar-refractivity contribution in [1.29, 1.82) is 0 Å². The van der Waals surface area contributed by atoms with Crippen molar-refractivity contribution in [3.8, 4) is 0 Å². The maximum Gasteiger partial charge on any atom is 0.341 e. The van der Waals surface area contributed by atoms with Gasteiger partial charge in [-0.3, -0.25) is 4.79 Å². The van der Waals surface area contributed by atoms with Crippen molar-refractivity contribution in [1.82, 2.24) is 10.3 Å². The Bertz CT molecular complexity index is 455. The minimum Gasteiger partial charge on any atom is -0.452 e. The van der Waals surface area contributed by atoms with Gasteiger partial charge in [-0.15, -0.1) is 0 Å². The van der Waals surface area contributed by atoms with Crippen molar-refractivity contribution in [2.75, 3.05) is 6.61 Å². The average Bonchev–Trinajstić information content (AvgIpc) is 2.24. The lowest BCUT2D eigenvalue weighted by Gasteiger charge is -2.20. The number of carbonyl (C=O) groups excluding carboxylic acids is 2. The van der Waals surface area contributed by atoms with Gasteiger partial charge in [-0.25, -0.2) is 9.78 Å². The highest BCUT2D eigenvalue weighted by molar-refractivity contribution is 6.32. The second-order valence-electron chi connectivity index (χ2n) is 4.72. The van der Waals surface area contributed by atoms with Gasteiger partial charge < -0.3 is 10.1 Å². The van der Waals surface area contributed by atoms with Gasteiger partial charge in [-0.1, -0.05) is 11.6 Å². The Morgan fingerprint density at radius 2 is 2.11 bits per heavy atom. The van der Waals surface area contributed by atoms with Gasteiger partial charge in [0.05, 0.1) is 5.56 Å². The smallest absolute Gasteiger partial charge is 0.341 e. The highest BCUT2D eigenvalue weighted by Gasteiger charge is 2.17. The zero-order chi connectivity index (χ0) is 13.8. The number of hydrogen-bond donors (Lipinski definition) is 1. The molecule has 1 aromatic heterocycles. The highest BCUT2D eigenvalue weighted by atomic mass is 35.5. The van der Waals surface area contributed by atoms with Crippen LogP contribution in [0.1, 0.15) is 31.1 Å². The third-order valence-electron chi connectivity index (χ3n) is 1.83. The fraction of sp³-hybridized carbons (Fsp3) is 0.417. The Morgan fingerprint density at radius 1 is 1.44 bits per heavy atom. The van der Waals surface area contributed by atoms with E-state index in [2.05, 4.69) is 10.3 Å². The van der Waals surface area contributed by atoms with E-state index in [4.69, 9.17) is 16.3 Å². The van der Waals surface area contributed by atoms with E-state index in [1.165, 1.54) is 12.3 Å². The van der Waals surface area contributed by atoms with E-state index in [1.807, 2.05) is 20.8 Å². The number of hydrogen-bond acceptors (Lipinski definition) is 4. The number of carbonyl (C=O) groups is 2. The van der Waals surface area contributed by atoms with Gasteiger partial charge in [0.2, 0.25) is 0 Å². The second kappa shape index (κ2) is 5.82. The molecule has 0 radical (unpaired) electrons. The number of halogens is 1. The third kappa shape index (κ3) is 4.71. The van der Waals surface area contributed by atoms with Crippen LogP contribution in [0.25, 0.3) is 0 Å². The van der Waals surface area contributed by atoms with Crippen LogP contribution in [0.5, 0.6) is 0 Å². The molecule has 6 heteroatoms. The maximum absolute atomic E-state index is 11.6. The second-order valence-corrected chi connectivity index (χ2v) is 5.07. The molecule has 1 N–H and O–H groups in total. The summed E-state index contributed by atoms with van der Waals surface area (Å²) in [4.78, 5) is 26.8. The van der Waals surface area contributed by atoms with Crippen molar-refractivity contribution in [3.63, 3.8) is 0 Å². The molecule has 5 nitrogen and oxygen atoms in total. The van der Waals surface area contributed by atoms with Crippen molar-refractivity contribution in [3.05, 3.63) is 29.0 Å². The lowest BCUT2D eigenvalue weighted by molar-refractivity contribution is -0.125. The molecule has 0 atom stereocenters. The van der Waals surface area contributed by atoms with Gasteiger partial charge in [0, 0.05) is 11.7 Å². The van der Waals surface area contributed by atoms with Gasteiger partial charge in [-0.2, -0.15) is 0 Å². The summed E-state index contributed by atoms with van der Waals surface area (Å²) in [5.74, 6) is -1.03. The standard InChI is InChI=1S/C12H15ClN2O3/c1-12(2,3)15-9(16)7-18-11(17)8-5-4-6-14-10(8)13/h4-6H,7H2,1-3H3,(H,15,16). The van der Waals surface area contributed by atoms with Crippen LogP contribution in [0.3, 0.4) is 0 Å². The quantitative estimate of drug-likeness (QED) is 0.672. The van der Waals surface area contributed by atoms with E-state index >= 15 is 0 Å². The largest absolute Gasteiger partial charge is 0.452 e. The summed E-state index contributed by atoms with van der Waals surface area (Å²) in [6.45, 7) is 5.17. The Balaban J connectivity index is 2.52. The van der Waals surface area contributed by atoms with Gasteiger partial charge in [0.25, 0.3) is 5.91 Å². The molecule has 1 amide bonds. The van der Waals surface area contributed by atoms with E-state index in [-0.39, 0.29) is 28.8 Å². The van der Waals surface area contributed by atoms with Crippen LogP contribution in [0.2, 0.25) is 5.15 Å². The van der Waals surface area contributed by atoms with Crippen LogP contribution in [0, 0.1) is 0 Å². The first-order valence-electron chi connectivity index (χ1n) is 5.38. The molecule has 0 saturated heterocycles. The Morgan fingerprint density at radius 3 is 2.67 bits per heavy atom. The minimum absolute atomic E-state index is 0.0544. The van der Waals surface area contributed by atoms with Crippen LogP contribution >= 0.6 is 11.6 Å². The van der Waals surface area contributed by atoms with E-state index in [0.29, 0.717) is 0 Å². The molecule has 0 aliphatic rings. The molecule has 0 aromatic carbocycles. The number of nitrogens with zero attached hydrogens (tertiary/aromatic N) is 1. The van der Waals surface area contributed by atoms with Gasteiger partial charge >= 0.3 is 5.97 Å². The molecule has 18 heavy (non-hydrogen) atoms. The molecule has 0 aliphatic heterocycles. The number of amides is 1. The lowest BCUT2D eigenvalue weighted by Crippen LogP contribution is -2.42. The molecular weight excluding hydrogens is 256 g/mol. The molecule has 0 aliphatic carbocycles. The highest BCUT2D eigenvalue weighted by Crippen LogP contribution is 2.12. The van der Waals surface area contributed by atoms with Crippen LogP contribution < -0.4 is 5.32 Å². The predicted molar refractivity (Wildman–Crippen MR) is 67.4 cm³/mol. The number of esters is 1. The van der Waals surface area contributed by atoms with Gasteiger partial charge in [-0.05, 0) is 32.9 Å². The zero-order valence-corrected chi connectivity index (χ0v) is 11.2. The summed E-state index contributed by atoms with van der Waals surface area (Å²) in [5.41, 5.74) is -0.224. The van der Waals surface area contributed by atoms with Crippen LogP contribution in [0.4, 0.5) is 0 Å². The Labute approximate surface area is 110 Å². The summed E-state index contributed by atoms with van der Waals surface area (Å²) < 4.78 is 4.84. The van der Waals surface area contributed by atoms with Crippen molar-refractivity contribution in [2.45, 2.75) is 26.3 Å². The molecule has 0 bridgehead atoms. The summed E-state index contributed by atoms with van der Waals surface area (Å²) in [5, 5.41) is 2.73. The van der Waals surface area contributed by atoms with Crippen molar-refractivity contribution < 1.29 is 14.3 Å². The van der Waals surface area contributed by atoms with Gasteiger partial charge in [0.15, 0.2) is 6.61 Å². The molecule has 1 heterocycles. The third-order valence-corrected chi connectivity index (χ3v) is 2.13. The SMILES string of the molecule is CC(C)(C)NC(=O)COC(=O)c1cccnc1Cl. The average molecular weight is 271 g/mol. The monoisotopic (exact) mass is 270 g/mol. The van der Waals surface area contributed by atoms with E-state index in [0.717, 1.165) is 0 Å². The number of ether oxygens (including phenoxy) is 1. The van der Waals surface area contributed by atoms with Crippen LogP contribution in [0.15, 0.2) is 18.3 Å². The summed E-state index contributed by atoms with van der Waals surface area (Å²) in [6, 6.07) is 3.05. The fourth-order valence-corrected chi connectivity index (χ4v) is 1.40. The molecule has 0 unspecified atom stereocenters. The van der Waals surface area contributed by atoms with Crippen molar-refractivity contribution >= 4 is 23.5 Å². The Hall–Kier alpha value is -1.62. The maximum atomic E-state index is 11.6. The zero-order valence-electron chi connectivity index (χ0n) is 10.5. The first-order valence-corrected chi connectivity index (χ1v) is 5.76. The van der Waals surface area contributed by atoms with E-state index in [9.17, 15) is 9.59 Å². The number of aromatic nitrogens is 1. The predicted octanol–water partition coefficient (Wildman–Crippen LogP) is 1.81. The lowest BCUT2D eigenvalue weighted by atomic mass is 10.1. The van der Waals surface area contributed by atoms with Crippen LogP contribution in [-0.2, 0) is 9.53 Å². The summed E-state index contributed by atoms with van der Waals surface area (Å²) in [6.07, 6.45) is 1.46.